The van der Waals surface area contributed by atoms with Gasteiger partial charge in [0.25, 0.3) is 0 Å². The second kappa shape index (κ2) is 9.13. The summed E-state index contributed by atoms with van der Waals surface area (Å²) < 4.78 is 5.62. The minimum Gasteiger partial charge on any atom is -0.475 e. The highest BCUT2D eigenvalue weighted by molar-refractivity contribution is 6.09. The lowest BCUT2D eigenvalue weighted by Gasteiger charge is -2.07. The lowest BCUT2D eigenvalue weighted by atomic mass is 10.0. The number of nitrogens with zero attached hydrogens (tertiary/aromatic N) is 2. The van der Waals surface area contributed by atoms with E-state index in [4.69, 9.17) is 4.74 Å². The van der Waals surface area contributed by atoms with Crippen LogP contribution in [0.5, 0.6) is 0 Å². The van der Waals surface area contributed by atoms with Crippen LogP contribution in [-0.2, 0) is 16.0 Å². The lowest BCUT2D eigenvalue weighted by molar-refractivity contribution is -0.122. The van der Waals surface area contributed by atoms with Gasteiger partial charge in [0.2, 0.25) is 11.8 Å². The summed E-state index contributed by atoms with van der Waals surface area (Å²) in [5, 5.41) is 2.91. The molecule has 1 amide bonds. The van der Waals surface area contributed by atoms with Crippen LogP contribution in [0.4, 0.5) is 0 Å². The first-order chi connectivity index (χ1) is 14.7. The van der Waals surface area contributed by atoms with E-state index in [1.807, 2.05) is 30.3 Å². The monoisotopic (exact) mass is 399 g/mol. The molecule has 150 valence electrons. The molecule has 1 aromatic heterocycles. The molecule has 1 N–H and O–H groups in total. The number of aliphatic imine (C=N–C) groups is 1. The third kappa shape index (κ3) is 4.60. The third-order valence-corrected chi connectivity index (χ3v) is 4.83. The second-order valence-electron chi connectivity index (χ2n) is 6.94. The van der Waals surface area contributed by atoms with E-state index in [2.05, 4.69) is 15.3 Å². The highest BCUT2D eigenvalue weighted by Gasteiger charge is 2.26. The highest BCUT2D eigenvalue weighted by atomic mass is 16.5. The molecular formula is C24H21N3O3. The second-order valence-corrected chi connectivity index (χ2v) is 6.94. The minimum absolute atomic E-state index is 0.0976. The lowest BCUT2D eigenvalue weighted by Crippen LogP contribution is -2.35. The van der Waals surface area contributed by atoms with Gasteiger partial charge in [-0.2, -0.15) is 0 Å². The molecule has 0 radical (unpaired) electrons. The molecule has 0 bridgehead atoms. The summed E-state index contributed by atoms with van der Waals surface area (Å²) in [4.78, 5) is 33.2. The normalized spacial score (nSPS) is 15.2. The number of ketones is 1. The van der Waals surface area contributed by atoms with Gasteiger partial charge in [-0.1, -0.05) is 42.5 Å². The standard InChI is InChI=1S/C24H21N3O3/c28-22(20-7-4-13-25-15-20)18-8-10-19(11-9-18)24-27-21(16-30-24)23(29)26-14-12-17-5-2-1-3-6-17/h1-11,13,15,21H,12,14,16H2,(H,26,29). The van der Waals surface area contributed by atoms with Crippen molar-refractivity contribution in [2.45, 2.75) is 12.5 Å². The van der Waals surface area contributed by atoms with Gasteiger partial charge in [0.1, 0.15) is 6.61 Å². The van der Waals surface area contributed by atoms with Crippen LogP contribution in [0.25, 0.3) is 0 Å². The topological polar surface area (TPSA) is 80.7 Å². The number of aromatic nitrogens is 1. The van der Waals surface area contributed by atoms with Crippen LogP contribution in [0.1, 0.15) is 27.0 Å². The van der Waals surface area contributed by atoms with Gasteiger partial charge in [0, 0.05) is 35.6 Å². The summed E-state index contributed by atoms with van der Waals surface area (Å²) in [6, 6.07) is 19.9. The molecule has 0 saturated heterocycles. The fraction of sp³-hybridized carbons (Fsp3) is 0.167. The van der Waals surface area contributed by atoms with E-state index in [0.29, 0.717) is 23.6 Å². The Hall–Kier alpha value is -3.80. The maximum atomic E-state index is 12.5. The molecule has 6 heteroatoms. The van der Waals surface area contributed by atoms with Crippen LogP contribution in [0.3, 0.4) is 0 Å². The van der Waals surface area contributed by atoms with Crippen molar-refractivity contribution in [3.63, 3.8) is 0 Å². The maximum Gasteiger partial charge on any atom is 0.248 e. The predicted octanol–water partition coefficient (Wildman–Crippen LogP) is 2.82. The fourth-order valence-electron chi connectivity index (χ4n) is 3.19. The Labute approximate surface area is 174 Å². The minimum atomic E-state index is -0.563. The summed E-state index contributed by atoms with van der Waals surface area (Å²) in [6.45, 7) is 0.762. The van der Waals surface area contributed by atoms with Gasteiger partial charge < -0.3 is 10.1 Å². The van der Waals surface area contributed by atoms with E-state index in [0.717, 1.165) is 12.0 Å². The quantitative estimate of drug-likeness (QED) is 0.620. The van der Waals surface area contributed by atoms with Gasteiger partial charge in [-0.3, -0.25) is 14.6 Å². The summed E-state index contributed by atoms with van der Waals surface area (Å²) in [6.07, 6.45) is 3.94. The number of hydrogen-bond donors (Lipinski definition) is 1. The Morgan fingerprint density at radius 1 is 0.967 bits per heavy atom. The van der Waals surface area contributed by atoms with Crippen molar-refractivity contribution >= 4 is 17.6 Å². The smallest absolute Gasteiger partial charge is 0.248 e. The molecule has 1 unspecified atom stereocenters. The number of hydrogen-bond acceptors (Lipinski definition) is 5. The largest absolute Gasteiger partial charge is 0.475 e. The van der Waals surface area contributed by atoms with Gasteiger partial charge in [-0.15, -0.1) is 0 Å². The summed E-state index contributed by atoms with van der Waals surface area (Å²) in [5.41, 5.74) is 3.00. The molecule has 4 rings (SSSR count). The molecule has 1 atom stereocenters. The maximum absolute atomic E-state index is 12.5. The average molecular weight is 399 g/mol. The molecule has 0 saturated carbocycles. The van der Waals surface area contributed by atoms with Crippen LogP contribution in [-0.4, -0.2) is 41.8 Å². The van der Waals surface area contributed by atoms with Crippen molar-refractivity contribution in [2.24, 2.45) is 4.99 Å². The summed E-state index contributed by atoms with van der Waals surface area (Å²) >= 11 is 0. The van der Waals surface area contributed by atoms with Crippen LogP contribution >= 0.6 is 0 Å². The number of benzene rings is 2. The molecule has 3 aromatic rings. The third-order valence-electron chi connectivity index (χ3n) is 4.83. The first kappa shape index (κ1) is 19.5. The van der Waals surface area contributed by atoms with E-state index in [9.17, 15) is 9.59 Å². The Morgan fingerprint density at radius 2 is 1.77 bits per heavy atom. The van der Waals surface area contributed by atoms with Gasteiger partial charge in [-0.25, -0.2) is 4.99 Å². The van der Waals surface area contributed by atoms with Crippen LogP contribution < -0.4 is 5.32 Å². The van der Waals surface area contributed by atoms with Crippen molar-refractivity contribution in [3.05, 3.63) is 101 Å². The van der Waals surface area contributed by atoms with Crippen molar-refractivity contribution in [1.82, 2.24) is 10.3 Å². The molecule has 30 heavy (non-hydrogen) atoms. The van der Waals surface area contributed by atoms with Gasteiger partial charge >= 0.3 is 0 Å². The zero-order valence-corrected chi connectivity index (χ0v) is 16.3. The zero-order chi connectivity index (χ0) is 20.8. The zero-order valence-electron chi connectivity index (χ0n) is 16.3. The fourth-order valence-corrected chi connectivity index (χ4v) is 3.19. The predicted molar refractivity (Wildman–Crippen MR) is 114 cm³/mol. The number of amides is 1. The molecule has 0 fully saturated rings. The van der Waals surface area contributed by atoms with Crippen molar-refractivity contribution in [3.8, 4) is 0 Å². The van der Waals surface area contributed by atoms with Gasteiger partial charge in [0.05, 0.1) is 0 Å². The van der Waals surface area contributed by atoms with Gasteiger partial charge in [-0.05, 0) is 36.2 Å². The Balaban J connectivity index is 1.35. The molecule has 2 aromatic carbocycles. The number of rotatable bonds is 7. The Morgan fingerprint density at radius 3 is 2.50 bits per heavy atom. The molecule has 1 aliphatic rings. The number of nitrogens with one attached hydrogen (secondary N) is 1. The van der Waals surface area contributed by atoms with E-state index >= 15 is 0 Å². The molecule has 1 aliphatic heterocycles. The van der Waals surface area contributed by atoms with E-state index in [-0.39, 0.29) is 18.3 Å². The van der Waals surface area contributed by atoms with E-state index in [1.165, 1.54) is 5.56 Å². The molecule has 2 heterocycles. The molecule has 0 aliphatic carbocycles. The van der Waals surface area contributed by atoms with Crippen LogP contribution in [0.15, 0.2) is 84.1 Å². The van der Waals surface area contributed by atoms with Crippen molar-refractivity contribution in [1.29, 1.82) is 0 Å². The van der Waals surface area contributed by atoms with E-state index < -0.39 is 6.04 Å². The molecule has 6 nitrogen and oxygen atoms in total. The number of pyridine rings is 1. The SMILES string of the molecule is O=C(c1ccc(C2=NC(C(=O)NCCc3ccccc3)CO2)cc1)c1cccnc1. The Kier molecular flexibility index (Phi) is 5.94. The van der Waals surface area contributed by atoms with Crippen molar-refractivity contribution < 1.29 is 14.3 Å². The molecule has 0 spiro atoms. The number of ether oxygens (including phenoxy) is 1. The first-order valence-corrected chi connectivity index (χ1v) is 9.78. The Bertz CT molecular complexity index is 1050. The van der Waals surface area contributed by atoms with Crippen LogP contribution in [0, 0.1) is 0 Å². The molecular weight excluding hydrogens is 378 g/mol. The average Bonchev–Trinajstić information content (AvgIpc) is 3.30. The van der Waals surface area contributed by atoms with E-state index in [1.54, 1.807) is 48.8 Å². The van der Waals surface area contributed by atoms with Crippen LogP contribution in [0.2, 0.25) is 0 Å². The summed E-state index contributed by atoms with van der Waals surface area (Å²) in [7, 11) is 0. The first-order valence-electron chi connectivity index (χ1n) is 9.78. The highest BCUT2D eigenvalue weighted by Crippen LogP contribution is 2.15. The summed E-state index contributed by atoms with van der Waals surface area (Å²) in [5.74, 6) is 0.169. The van der Waals surface area contributed by atoms with Gasteiger partial charge in [0.15, 0.2) is 11.8 Å². The number of carbonyl (C=O) groups is 2. The number of carbonyl (C=O) groups excluding carboxylic acids is 2. The van der Waals surface area contributed by atoms with Crippen molar-refractivity contribution in [2.75, 3.05) is 13.2 Å².